The van der Waals surface area contributed by atoms with Crippen LogP contribution in [0.3, 0.4) is 0 Å². The molecule has 0 radical (unpaired) electrons. The summed E-state index contributed by atoms with van der Waals surface area (Å²) >= 11 is 8.47. The first-order chi connectivity index (χ1) is 18.0. The van der Waals surface area contributed by atoms with Gasteiger partial charge in [0.2, 0.25) is 0 Å². The lowest BCUT2D eigenvalue weighted by Gasteiger charge is -2.15. The fourth-order valence-corrected chi connectivity index (χ4v) is 6.15. The topological polar surface area (TPSA) is 41.9 Å². The number of hydrogen-bond donors (Lipinski definition) is 0. The summed E-state index contributed by atoms with van der Waals surface area (Å²) in [4.78, 5) is 20.4. The normalized spacial score (nSPS) is 15.5. The largest absolute Gasteiger partial charge is 0.487 e. The maximum absolute atomic E-state index is 13.5. The zero-order chi connectivity index (χ0) is 25.8. The maximum Gasteiger partial charge on any atom is 0.271 e. The third-order valence-electron chi connectivity index (χ3n) is 5.39. The predicted octanol–water partition coefficient (Wildman–Crippen LogP) is 8.74. The Morgan fingerprint density at radius 1 is 0.892 bits per heavy atom. The van der Waals surface area contributed by atoms with Gasteiger partial charge in [0, 0.05) is 0 Å². The highest BCUT2D eigenvalue weighted by molar-refractivity contribution is 9.11. The molecule has 1 amide bonds. The van der Waals surface area contributed by atoms with E-state index in [1.54, 1.807) is 17.0 Å². The average Bonchev–Trinajstić information content (AvgIpc) is 3.18. The molecule has 4 nitrogen and oxygen atoms in total. The number of carbonyl (C=O) groups is 1. The van der Waals surface area contributed by atoms with Gasteiger partial charge in [0.15, 0.2) is 5.17 Å². The number of carbonyl (C=O) groups excluding carboxylic acids is 1. The molecule has 0 aliphatic carbocycles. The number of hydrogen-bond acceptors (Lipinski definition) is 4. The van der Waals surface area contributed by atoms with Crippen molar-refractivity contribution < 1.29 is 13.9 Å². The average molecular weight is 638 g/mol. The van der Waals surface area contributed by atoms with Crippen LogP contribution in [0.5, 0.6) is 5.75 Å². The van der Waals surface area contributed by atoms with Crippen molar-refractivity contribution in [1.29, 1.82) is 0 Å². The maximum atomic E-state index is 13.5. The van der Waals surface area contributed by atoms with Gasteiger partial charge >= 0.3 is 0 Å². The summed E-state index contributed by atoms with van der Waals surface area (Å²) < 4.78 is 20.8. The van der Waals surface area contributed by atoms with Crippen LogP contribution in [0.15, 0.2) is 116 Å². The van der Waals surface area contributed by atoms with Gasteiger partial charge in [0.05, 0.1) is 25.2 Å². The van der Waals surface area contributed by atoms with Gasteiger partial charge in [-0.25, -0.2) is 9.38 Å². The number of benzene rings is 4. The third kappa shape index (κ3) is 6.04. The molecule has 0 unspecified atom stereocenters. The van der Waals surface area contributed by atoms with Crippen LogP contribution in [0.2, 0.25) is 0 Å². The van der Waals surface area contributed by atoms with E-state index in [0.717, 1.165) is 22.5 Å². The molecular weight excluding hydrogens is 619 g/mol. The van der Waals surface area contributed by atoms with Gasteiger partial charge in [-0.15, -0.1) is 0 Å². The lowest BCUT2D eigenvalue weighted by Crippen LogP contribution is -2.28. The Labute approximate surface area is 235 Å². The summed E-state index contributed by atoms with van der Waals surface area (Å²) in [5.74, 6) is 0.137. The third-order valence-corrected chi connectivity index (χ3v) is 7.54. The lowest BCUT2D eigenvalue weighted by atomic mass is 10.2. The van der Waals surface area contributed by atoms with Gasteiger partial charge in [-0.2, -0.15) is 0 Å². The summed E-state index contributed by atoms with van der Waals surface area (Å²) in [5.41, 5.74) is 3.05. The van der Waals surface area contributed by atoms with Gasteiger partial charge in [-0.05, 0) is 109 Å². The first-order valence-electron chi connectivity index (χ1n) is 11.3. The van der Waals surface area contributed by atoms with E-state index in [1.165, 1.54) is 23.9 Å². The number of halogens is 3. The Balaban J connectivity index is 1.44. The molecule has 4 aromatic carbocycles. The molecule has 1 saturated heterocycles. The Morgan fingerprint density at radius 2 is 1.57 bits per heavy atom. The summed E-state index contributed by atoms with van der Waals surface area (Å²) in [6.07, 6.45) is 1.84. The molecule has 184 valence electrons. The highest BCUT2D eigenvalue weighted by atomic mass is 79.9. The zero-order valence-electron chi connectivity index (χ0n) is 19.3. The molecule has 1 fully saturated rings. The van der Waals surface area contributed by atoms with Gasteiger partial charge < -0.3 is 4.74 Å². The van der Waals surface area contributed by atoms with E-state index in [4.69, 9.17) is 9.73 Å². The van der Waals surface area contributed by atoms with Crippen molar-refractivity contribution >= 4 is 72.1 Å². The molecule has 1 heterocycles. The number of para-hydroxylation sites is 2. The van der Waals surface area contributed by atoms with E-state index in [-0.39, 0.29) is 18.3 Å². The fraction of sp³-hybridized carbons (Fsp3) is 0.0345. The molecule has 0 N–H and O–H groups in total. The lowest BCUT2D eigenvalue weighted by molar-refractivity contribution is -0.113. The summed E-state index contributed by atoms with van der Waals surface area (Å²) in [7, 11) is 0. The minimum absolute atomic E-state index is 0.149. The van der Waals surface area contributed by atoms with Crippen LogP contribution < -0.4 is 9.64 Å². The first-order valence-corrected chi connectivity index (χ1v) is 13.7. The fourth-order valence-electron chi connectivity index (χ4n) is 3.70. The van der Waals surface area contributed by atoms with Gasteiger partial charge in [0.25, 0.3) is 5.91 Å². The van der Waals surface area contributed by atoms with Crippen LogP contribution >= 0.6 is 43.6 Å². The van der Waals surface area contributed by atoms with E-state index in [9.17, 15) is 9.18 Å². The predicted molar refractivity (Wildman–Crippen MR) is 156 cm³/mol. The van der Waals surface area contributed by atoms with Gasteiger partial charge in [-0.1, -0.05) is 48.5 Å². The molecule has 0 atom stereocenters. The SMILES string of the molecule is O=C1/C(=C\c2cc(Br)c(OCc3cccc(F)c3)c(Br)c2)SC(=Nc2ccccc2)N1c1ccccc1. The molecular formula is C29H19Br2FN2O2S. The second-order valence-corrected chi connectivity index (χ2v) is 10.8. The highest BCUT2D eigenvalue weighted by Crippen LogP contribution is 2.40. The van der Waals surface area contributed by atoms with Crippen LogP contribution in [0, 0.1) is 5.82 Å². The number of anilines is 1. The Bertz CT molecular complexity index is 1490. The number of amidine groups is 1. The number of aliphatic imine (C=N–C) groups is 1. The highest BCUT2D eigenvalue weighted by Gasteiger charge is 2.34. The monoisotopic (exact) mass is 636 g/mol. The first kappa shape index (κ1) is 25.4. The minimum Gasteiger partial charge on any atom is -0.487 e. The van der Waals surface area contributed by atoms with Gasteiger partial charge in [0.1, 0.15) is 18.2 Å². The van der Waals surface area contributed by atoms with E-state index >= 15 is 0 Å². The van der Waals surface area contributed by atoms with E-state index < -0.39 is 0 Å². The number of nitrogens with zero attached hydrogens (tertiary/aromatic N) is 2. The standard InChI is InChI=1S/C29H19Br2FN2O2S/c30-24-15-20(16-25(31)27(24)36-18-19-8-7-9-21(32)14-19)17-26-28(35)34(23-12-5-2-6-13-23)29(37-26)33-22-10-3-1-4-11-22/h1-17H,18H2/b26-17+,33-29?. The molecule has 0 saturated carbocycles. The molecule has 1 aliphatic heterocycles. The van der Waals surface area contributed by atoms with Crippen molar-refractivity contribution in [2.75, 3.05) is 4.90 Å². The van der Waals surface area contributed by atoms with E-state index in [1.807, 2.05) is 78.9 Å². The molecule has 4 aromatic rings. The van der Waals surface area contributed by atoms with Crippen molar-refractivity contribution in [3.8, 4) is 5.75 Å². The number of rotatable bonds is 6. The number of ether oxygens (including phenoxy) is 1. The quantitative estimate of drug-likeness (QED) is 0.199. The van der Waals surface area contributed by atoms with Crippen molar-refractivity contribution in [2.45, 2.75) is 6.61 Å². The Kier molecular flexibility index (Phi) is 7.88. The molecule has 0 bridgehead atoms. The number of amides is 1. The summed E-state index contributed by atoms with van der Waals surface area (Å²) in [6, 6.07) is 29.1. The van der Waals surface area contributed by atoms with Crippen molar-refractivity contribution in [3.63, 3.8) is 0 Å². The second kappa shape index (κ2) is 11.5. The molecule has 5 rings (SSSR count). The minimum atomic E-state index is -0.306. The van der Waals surface area contributed by atoms with Crippen LogP contribution in [-0.2, 0) is 11.4 Å². The van der Waals surface area contributed by atoms with Crippen molar-refractivity contribution in [1.82, 2.24) is 0 Å². The summed E-state index contributed by atoms with van der Waals surface area (Å²) in [5, 5.41) is 0.585. The Morgan fingerprint density at radius 3 is 2.24 bits per heavy atom. The van der Waals surface area contributed by atoms with E-state index in [2.05, 4.69) is 31.9 Å². The second-order valence-electron chi connectivity index (χ2n) is 8.05. The molecule has 0 aromatic heterocycles. The van der Waals surface area contributed by atoms with Crippen molar-refractivity contribution in [3.05, 3.63) is 128 Å². The number of thioether (sulfide) groups is 1. The summed E-state index contributed by atoms with van der Waals surface area (Å²) in [6.45, 7) is 0.217. The van der Waals surface area contributed by atoms with Crippen LogP contribution in [0.1, 0.15) is 11.1 Å². The van der Waals surface area contributed by atoms with E-state index in [0.29, 0.717) is 24.8 Å². The smallest absolute Gasteiger partial charge is 0.271 e. The molecule has 8 heteroatoms. The van der Waals surface area contributed by atoms with Crippen LogP contribution in [0.4, 0.5) is 15.8 Å². The van der Waals surface area contributed by atoms with Crippen LogP contribution in [0.25, 0.3) is 6.08 Å². The van der Waals surface area contributed by atoms with Gasteiger partial charge in [-0.3, -0.25) is 9.69 Å². The van der Waals surface area contributed by atoms with Crippen molar-refractivity contribution in [2.24, 2.45) is 4.99 Å². The Hall–Kier alpha value is -3.20. The molecule has 0 spiro atoms. The van der Waals surface area contributed by atoms with Crippen LogP contribution in [-0.4, -0.2) is 11.1 Å². The molecule has 37 heavy (non-hydrogen) atoms. The molecule has 1 aliphatic rings. The zero-order valence-corrected chi connectivity index (χ0v) is 23.3.